The first-order valence-electron chi connectivity index (χ1n) is 7.75. The van der Waals surface area contributed by atoms with Gasteiger partial charge in [-0.25, -0.2) is 9.97 Å². The molecule has 0 fully saturated rings. The molecule has 130 valence electrons. The largest absolute Gasteiger partial charge is 0.416 e. The number of hydrogen-bond acceptors (Lipinski definition) is 3. The van der Waals surface area contributed by atoms with Crippen LogP contribution in [0.5, 0.6) is 5.88 Å². The highest BCUT2D eigenvalue weighted by Gasteiger charge is 2.14. The molecule has 3 rings (SSSR count). The van der Waals surface area contributed by atoms with Crippen molar-refractivity contribution in [2.24, 2.45) is 0 Å². The van der Waals surface area contributed by atoms with Crippen molar-refractivity contribution >= 4 is 11.6 Å². The van der Waals surface area contributed by atoms with Crippen LogP contribution in [0.2, 0.25) is 5.02 Å². The second-order valence-corrected chi connectivity index (χ2v) is 5.91. The van der Waals surface area contributed by atoms with Gasteiger partial charge in [-0.2, -0.15) is 8.78 Å². The second kappa shape index (κ2) is 7.61. The van der Waals surface area contributed by atoms with Gasteiger partial charge in [-0.3, -0.25) is 0 Å². The molecule has 0 amide bonds. The molecule has 1 aromatic carbocycles. The Morgan fingerprint density at radius 2 is 2.08 bits per heavy atom. The van der Waals surface area contributed by atoms with E-state index in [4.69, 9.17) is 11.6 Å². The first-order chi connectivity index (χ1) is 12.0. The number of ether oxygens (including phenoxy) is 1. The third-order valence-electron chi connectivity index (χ3n) is 3.66. The maximum absolute atomic E-state index is 12.7. The summed E-state index contributed by atoms with van der Waals surface area (Å²) in [7, 11) is 0. The molecule has 0 aliphatic heterocycles. The lowest BCUT2D eigenvalue weighted by molar-refractivity contribution is -0.0524. The molecule has 0 saturated heterocycles. The Bertz CT molecular complexity index is 867. The Hall–Kier alpha value is -2.47. The maximum atomic E-state index is 12.7. The Morgan fingerprint density at radius 1 is 1.24 bits per heavy atom. The number of rotatable bonds is 6. The van der Waals surface area contributed by atoms with E-state index in [1.165, 1.54) is 6.20 Å². The van der Waals surface area contributed by atoms with Gasteiger partial charge in [0, 0.05) is 23.0 Å². The van der Waals surface area contributed by atoms with Crippen LogP contribution in [0, 0.1) is 0 Å². The zero-order valence-corrected chi connectivity index (χ0v) is 14.3. The fourth-order valence-electron chi connectivity index (χ4n) is 2.51. The van der Waals surface area contributed by atoms with Crippen LogP contribution >= 0.6 is 11.6 Å². The minimum atomic E-state index is -2.95. The standard InChI is InChI=1S/C18H16ClF2N3O/c1-2-15-10-24(11-23-15)9-12-6-16(13-4-3-5-14(19)7-13)17(22-8-12)25-18(20)21/h3-8,10-11,18H,2,9H2,1H3. The lowest BCUT2D eigenvalue weighted by Gasteiger charge is -2.12. The van der Waals surface area contributed by atoms with Gasteiger partial charge in [-0.15, -0.1) is 0 Å². The summed E-state index contributed by atoms with van der Waals surface area (Å²) in [4.78, 5) is 8.35. The van der Waals surface area contributed by atoms with E-state index in [1.54, 1.807) is 36.7 Å². The first-order valence-corrected chi connectivity index (χ1v) is 8.13. The summed E-state index contributed by atoms with van der Waals surface area (Å²) < 4.78 is 31.8. The minimum absolute atomic E-state index is 0.124. The zero-order chi connectivity index (χ0) is 17.8. The highest BCUT2D eigenvalue weighted by molar-refractivity contribution is 6.30. The van der Waals surface area contributed by atoms with Crippen molar-refractivity contribution in [3.63, 3.8) is 0 Å². The van der Waals surface area contributed by atoms with Crippen LogP contribution in [-0.4, -0.2) is 21.1 Å². The van der Waals surface area contributed by atoms with E-state index in [2.05, 4.69) is 14.7 Å². The van der Waals surface area contributed by atoms with Gasteiger partial charge < -0.3 is 9.30 Å². The molecule has 0 atom stereocenters. The number of aromatic nitrogens is 3. The van der Waals surface area contributed by atoms with E-state index >= 15 is 0 Å². The molecule has 7 heteroatoms. The van der Waals surface area contributed by atoms with Gasteiger partial charge in [0.15, 0.2) is 0 Å². The lowest BCUT2D eigenvalue weighted by atomic mass is 10.1. The quantitative estimate of drug-likeness (QED) is 0.631. The normalized spacial score (nSPS) is 11.1. The fourth-order valence-corrected chi connectivity index (χ4v) is 2.70. The van der Waals surface area contributed by atoms with Crippen LogP contribution < -0.4 is 4.74 Å². The number of nitrogens with zero attached hydrogens (tertiary/aromatic N) is 3. The summed E-state index contributed by atoms with van der Waals surface area (Å²) in [6.07, 6.45) is 6.06. The molecule has 0 saturated carbocycles. The summed E-state index contributed by atoms with van der Waals surface area (Å²) in [6, 6.07) is 8.71. The Morgan fingerprint density at radius 3 is 2.76 bits per heavy atom. The van der Waals surface area contributed by atoms with Gasteiger partial charge in [-0.1, -0.05) is 30.7 Å². The summed E-state index contributed by atoms with van der Waals surface area (Å²) in [5, 5.41) is 0.507. The lowest BCUT2D eigenvalue weighted by Crippen LogP contribution is -2.06. The number of benzene rings is 1. The van der Waals surface area contributed by atoms with Crippen molar-refractivity contribution in [3.05, 3.63) is 65.3 Å². The highest BCUT2D eigenvalue weighted by Crippen LogP contribution is 2.31. The molecule has 4 nitrogen and oxygen atoms in total. The van der Waals surface area contributed by atoms with Crippen LogP contribution in [0.1, 0.15) is 18.2 Å². The van der Waals surface area contributed by atoms with E-state index in [-0.39, 0.29) is 5.88 Å². The Kier molecular flexibility index (Phi) is 5.28. The monoisotopic (exact) mass is 363 g/mol. The van der Waals surface area contributed by atoms with Gasteiger partial charge in [0.25, 0.3) is 0 Å². The highest BCUT2D eigenvalue weighted by atomic mass is 35.5. The van der Waals surface area contributed by atoms with Gasteiger partial charge in [0.1, 0.15) is 0 Å². The average Bonchev–Trinajstić information content (AvgIpc) is 3.03. The molecule has 0 N–H and O–H groups in total. The molecular weight excluding hydrogens is 348 g/mol. The number of hydrogen-bond donors (Lipinski definition) is 0. The molecule has 0 spiro atoms. The number of aryl methyl sites for hydroxylation is 1. The number of imidazole rings is 1. The zero-order valence-electron chi connectivity index (χ0n) is 13.5. The number of halogens is 3. The third kappa shape index (κ3) is 4.33. The first kappa shape index (κ1) is 17.4. The molecule has 0 bridgehead atoms. The molecule has 0 aliphatic rings. The van der Waals surface area contributed by atoms with Gasteiger partial charge in [0.05, 0.1) is 18.6 Å². The van der Waals surface area contributed by atoms with E-state index in [9.17, 15) is 8.78 Å². The van der Waals surface area contributed by atoms with Crippen molar-refractivity contribution in [1.29, 1.82) is 0 Å². The molecule has 0 aliphatic carbocycles. The summed E-state index contributed by atoms with van der Waals surface area (Å²) in [5.74, 6) is -0.124. The molecule has 3 aromatic rings. The topological polar surface area (TPSA) is 39.9 Å². The van der Waals surface area contributed by atoms with Gasteiger partial charge in [0.2, 0.25) is 5.88 Å². The predicted octanol–water partition coefficient (Wildman–Crippen LogP) is 4.81. The molecule has 0 unspecified atom stereocenters. The summed E-state index contributed by atoms with van der Waals surface area (Å²) in [5.41, 5.74) is 2.96. The van der Waals surface area contributed by atoms with Crippen molar-refractivity contribution in [2.45, 2.75) is 26.5 Å². The van der Waals surface area contributed by atoms with Crippen molar-refractivity contribution in [1.82, 2.24) is 14.5 Å². The number of alkyl halides is 2. The van der Waals surface area contributed by atoms with Gasteiger partial charge in [-0.05, 0) is 35.7 Å². The van der Waals surface area contributed by atoms with Gasteiger partial charge >= 0.3 is 6.61 Å². The van der Waals surface area contributed by atoms with Crippen molar-refractivity contribution in [3.8, 4) is 17.0 Å². The summed E-state index contributed by atoms with van der Waals surface area (Å²) >= 11 is 6.02. The fraction of sp³-hybridized carbons (Fsp3) is 0.222. The van der Waals surface area contributed by atoms with Crippen molar-refractivity contribution in [2.75, 3.05) is 0 Å². The smallest absolute Gasteiger partial charge is 0.388 e. The van der Waals surface area contributed by atoms with Crippen LogP contribution in [0.4, 0.5) is 8.78 Å². The molecule has 2 aromatic heterocycles. The number of pyridine rings is 1. The van der Waals surface area contributed by atoms with Crippen LogP contribution in [0.15, 0.2) is 49.1 Å². The van der Waals surface area contributed by atoms with Crippen LogP contribution in [0.25, 0.3) is 11.1 Å². The van der Waals surface area contributed by atoms with Crippen LogP contribution in [0.3, 0.4) is 0 Å². The molecule has 0 radical (unpaired) electrons. The summed E-state index contributed by atoms with van der Waals surface area (Å²) in [6.45, 7) is -0.387. The average molecular weight is 364 g/mol. The second-order valence-electron chi connectivity index (χ2n) is 5.48. The van der Waals surface area contributed by atoms with Crippen molar-refractivity contribution < 1.29 is 13.5 Å². The van der Waals surface area contributed by atoms with E-state index in [0.717, 1.165) is 17.7 Å². The van der Waals surface area contributed by atoms with Crippen LogP contribution in [-0.2, 0) is 13.0 Å². The predicted molar refractivity (Wildman–Crippen MR) is 92.0 cm³/mol. The van der Waals surface area contributed by atoms with E-state index < -0.39 is 6.61 Å². The van der Waals surface area contributed by atoms with E-state index in [0.29, 0.717) is 22.7 Å². The SMILES string of the molecule is CCc1cn(Cc2cnc(OC(F)F)c(-c3cccc(Cl)c3)c2)cn1. The maximum Gasteiger partial charge on any atom is 0.388 e. The molecule has 25 heavy (non-hydrogen) atoms. The van der Waals surface area contributed by atoms with E-state index in [1.807, 2.05) is 17.7 Å². The minimum Gasteiger partial charge on any atom is -0.416 e. The third-order valence-corrected chi connectivity index (χ3v) is 3.89. The Balaban J connectivity index is 1.97. The molecule has 2 heterocycles. The Labute approximate surface area is 149 Å². The molecular formula is C18H16ClF2N3O.